The smallest absolute Gasteiger partial charge is 0.286 e. The summed E-state index contributed by atoms with van der Waals surface area (Å²) in [5.41, 5.74) is 0.816. The van der Waals surface area contributed by atoms with Crippen molar-refractivity contribution in [3.8, 4) is 11.5 Å². The SMILES string of the molecule is COc1cccc(/C=C2\SC(N3CCCC(C)C3)=NC2=O)c1OC. The number of nitrogens with zero attached hydrogens (tertiary/aromatic N) is 2. The molecule has 0 bridgehead atoms. The highest BCUT2D eigenvalue weighted by molar-refractivity contribution is 8.18. The standard InChI is InChI=1S/C18H22N2O3S/c1-12-6-5-9-20(11-12)18-19-17(21)15(24-18)10-13-7-4-8-14(22-2)16(13)23-3/h4,7-8,10,12H,5-6,9,11H2,1-3H3/b15-10-. The van der Waals surface area contributed by atoms with E-state index in [-0.39, 0.29) is 5.91 Å². The van der Waals surface area contributed by atoms with Crippen LogP contribution in [0.3, 0.4) is 0 Å². The molecular weight excluding hydrogens is 324 g/mol. The van der Waals surface area contributed by atoms with Gasteiger partial charge < -0.3 is 14.4 Å². The van der Waals surface area contributed by atoms with E-state index in [9.17, 15) is 4.79 Å². The van der Waals surface area contributed by atoms with Crippen LogP contribution in [-0.2, 0) is 4.79 Å². The second-order valence-corrected chi connectivity index (χ2v) is 7.10. The van der Waals surface area contributed by atoms with Crippen molar-refractivity contribution in [1.82, 2.24) is 4.90 Å². The highest BCUT2D eigenvalue weighted by atomic mass is 32.2. The van der Waals surface area contributed by atoms with Gasteiger partial charge in [0.15, 0.2) is 16.7 Å². The number of piperidine rings is 1. The van der Waals surface area contributed by atoms with Crippen LogP contribution in [0, 0.1) is 5.92 Å². The molecule has 128 valence electrons. The van der Waals surface area contributed by atoms with Crippen molar-refractivity contribution in [1.29, 1.82) is 0 Å². The van der Waals surface area contributed by atoms with Gasteiger partial charge in [0.05, 0.1) is 19.1 Å². The number of amidine groups is 1. The maximum Gasteiger partial charge on any atom is 0.286 e. The van der Waals surface area contributed by atoms with Crippen molar-refractivity contribution in [2.75, 3.05) is 27.3 Å². The molecule has 1 unspecified atom stereocenters. The molecule has 5 nitrogen and oxygen atoms in total. The average Bonchev–Trinajstić information content (AvgIpc) is 2.95. The molecule has 0 spiro atoms. The Morgan fingerprint density at radius 2 is 2.17 bits per heavy atom. The summed E-state index contributed by atoms with van der Waals surface area (Å²) in [5.74, 6) is 1.73. The van der Waals surface area contributed by atoms with Crippen LogP contribution < -0.4 is 9.47 Å². The topological polar surface area (TPSA) is 51.1 Å². The van der Waals surface area contributed by atoms with E-state index < -0.39 is 0 Å². The number of methoxy groups -OCH3 is 2. The van der Waals surface area contributed by atoms with Gasteiger partial charge in [-0.2, -0.15) is 4.99 Å². The summed E-state index contributed by atoms with van der Waals surface area (Å²) >= 11 is 1.45. The van der Waals surface area contributed by atoms with Crippen LogP contribution in [0.4, 0.5) is 0 Å². The summed E-state index contributed by atoms with van der Waals surface area (Å²) in [4.78, 5) is 19.4. The Morgan fingerprint density at radius 1 is 1.33 bits per heavy atom. The normalized spacial score (nSPS) is 22.7. The van der Waals surface area contributed by atoms with E-state index >= 15 is 0 Å². The third kappa shape index (κ3) is 3.43. The Bertz CT molecular complexity index is 700. The molecular formula is C18H22N2O3S. The van der Waals surface area contributed by atoms with E-state index in [4.69, 9.17) is 9.47 Å². The number of hydrogen-bond donors (Lipinski definition) is 0. The monoisotopic (exact) mass is 346 g/mol. The molecule has 24 heavy (non-hydrogen) atoms. The number of likely N-dealkylation sites (tertiary alicyclic amines) is 1. The molecule has 0 radical (unpaired) electrons. The van der Waals surface area contributed by atoms with E-state index in [1.807, 2.05) is 24.3 Å². The van der Waals surface area contributed by atoms with Gasteiger partial charge in [-0.1, -0.05) is 19.1 Å². The number of ether oxygens (including phenoxy) is 2. The van der Waals surface area contributed by atoms with Gasteiger partial charge in [0, 0.05) is 18.7 Å². The first-order valence-electron chi connectivity index (χ1n) is 8.11. The van der Waals surface area contributed by atoms with Gasteiger partial charge in [-0.15, -0.1) is 0 Å². The number of carbonyl (C=O) groups is 1. The fraction of sp³-hybridized carbons (Fsp3) is 0.444. The van der Waals surface area contributed by atoms with Crippen molar-refractivity contribution < 1.29 is 14.3 Å². The van der Waals surface area contributed by atoms with Gasteiger partial charge >= 0.3 is 0 Å². The molecule has 2 aliphatic rings. The minimum absolute atomic E-state index is 0.182. The molecule has 6 heteroatoms. The van der Waals surface area contributed by atoms with Gasteiger partial charge in [0.2, 0.25) is 0 Å². The van der Waals surface area contributed by atoms with Crippen LogP contribution in [0.15, 0.2) is 28.1 Å². The first kappa shape index (κ1) is 16.9. The largest absolute Gasteiger partial charge is 0.493 e. The number of thioether (sulfide) groups is 1. The first-order valence-corrected chi connectivity index (χ1v) is 8.92. The molecule has 2 heterocycles. The third-order valence-corrected chi connectivity index (χ3v) is 5.30. The average molecular weight is 346 g/mol. The molecule has 1 aromatic carbocycles. The van der Waals surface area contributed by atoms with Gasteiger partial charge in [-0.25, -0.2) is 0 Å². The fourth-order valence-corrected chi connectivity index (χ4v) is 4.00. The lowest BCUT2D eigenvalue weighted by molar-refractivity contribution is -0.113. The minimum atomic E-state index is -0.182. The lowest BCUT2D eigenvalue weighted by atomic mass is 10.0. The highest BCUT2D eigenvalue weighted by Gasteiger charge is 2.28. The second-order valence-electron chi connectivity index (χ2n) is 6.09. The zero-order valence-corrected chi connectivity index (χ0v) is 15.1. The number of amides is 1. The summed E-state index contributed by atoms with van der Waals surface area (Å²) in [6, 6.07) is 5.62. The summed E-state index contributed by atoms with van der Waals surface area (Å²) in [7, 11) is 3.20. The Kier molecular flexibility index (Phi) is 5.14. The Labute approximate surface area is 146 Å². The zero-order valence-electron chi connectivity index (χ0n) is 14.2. The summed E-state index contributed by atoms with van der Waals surface area (Å²) in [6.07, 6.45) is 4.22. The van der Waals surface area contributed by atoms with Crippen LogP contribution in [0.1, 0.15) is 25.3 Å². The summed E-state index contributed by atoms with van der Waals surface area (Å²) in [5, 5.41) is 0.819. The summed E-state index contributed by atoms with van der Waals surface area (Å²) < 4.78 is 10.7. The maximum atomic E-state index is 12.3. The number of para-hydroxylation sites is 1. The van der Waals surface area contributed by atoms with E-state index in [1.165, 1.54) is 18.2 Å². The zero-order chi connectivity index (χ0) is 17.1. The molecule has 1 atom stereocenters. The van der Waals surface area contributed by atoms with E-state index in [0.29, 0.717) is 22.3 Å². The second kappa shape index (κ2) is 7.30. The van der Waals surface area contributed by atoms with Crippen LogP contribution >= 0.6 is 11.8 Å². The molecule has 0 aromatic heterocycles. The van der Waals surface area contributed by atoms with E-state index in [1.54, 1.807) is 14.2 Å². The quantitative estimate of drug-likeness (QED) is 0.785. The number of aliphatic imine (C=N–C) groups is 1. The molecule has 0 saturated carbocycles. The van der Waals surface area contributed by atoms with Crippen molar-refractivity contribution in [2.24, 2.45) is 10.9 Å². The van der Waals surface area contributed by atoms with Gasteiger partial charge in [-0.3, -0.25) is 4.79 Å². The first-order chi connectivity index (χ1) is 11.6. The Hall–Kier alpha value is -1.95. The number of rotatable bonds is 3. The molecule has 3 rings (SSSR count). The van der Waals surface area contributed by atoms with Gasteiger partial charge in [-0.05, 0) is 42.7 Å². The van der Waals surface area contributed by atoms with Crippen molar-refractivity contribution in [3.05, 3.63) is 28.7 Å². The Balaban J connectivity index is 1.82. The molecule has 0 aliphatic carbocycles. The lowest BCUT2D eigenvalue weighted by Crippen LogP contribution is -2.37. The molecule has 1 saturated heterocycles. The van der Waals surface area contributed by atoms with Crippen LogP contribution in [0.5, 0.6) is 11.5 Å². The molecule has 1 amide bonds. The highest BCUT2D eigenvalue weighted by Crippen LogP contribution is 2.36. The van der Waals surface area contributed by atoms with Crippen molar-refractivity contribution in [2.45, 2.75) is 19.8 Å². The predicted octanol–water partition coefficient (Wildman–Crippen LogP) is 3.41. The van der Waals surface area contributed by atoms with Gasteiger partial charge in [0.25, 0.3) is 5.91 Å². The number of benzene rings is 1. The minimum Gasteiger partial charge on any atom is -0.493 e. The van der Waals surface area contributed by atoms with Crippen molar-refractivity contribution >= 4 is 28.9 Å². The summed E-state index contributed by atoms with van der Waals surface area (Å²) in [6.45, 7) is 4.18. The number of hydrogen-bond acceptors (Lipinski definition) is 5. The fourth-order valence-electron chi connectivity index (χ4n) is 3.06. The van der Waals surface area contributed by atoms with Crippen LogP contribution in [0.25, 0.3) is 6.08 Å². The molecule has 1 aromatic rings. The van der Waals surface area contributed by atoms with E-state index in [2.05, 4.69) is 16.8 Å². The Morgan fingerprint density at radius 3 is 2.88 bits per heavy atom. The van der Waals surface area contributed by atoms with Crippen molar-refractivity contribution in [3.63, 3.8) is 0 Å². The van der Waals surface area contributed by atoms with Crippen LogP contribution in [-0.4, -0.2) is 43.3 Å². The van der Waals surface area contributed by atoms with Crippen LogP contribution in [0.2, 0.25) is 0 Å². The molecule has 0 N–H and O–H groups in total. The molecule has 1 fully saturated rings. The maximum absolute atomic E-state index is 12.3. The van der Waals surface area contributed by atoms with E-state index in [0.717, 1.165) is 30.2 Å². The predicted molar refractivity (Wildman–Crippen MR) is 97.5 cm³/mol. The van der Waals surface area contributed by atoms with Gasteiger partial charge in [0.1, 0.15) is 0 Å². The number of carbonyl (C=O) groups excluding carboxylic acids is 1. The third-order valence-electron chi connectivity index (χ3n) is 4.26. The lowest BCUT2D eigenvalue weighted by Gasteiger charge is -2.31. The molecule has 2 aliphatic heterocycles.